The van der Waals surface area contributed by atoms with Gasteiger partial charge in [-0.15, -0.1) is 0 Å². The van der Waals surface area contributed by atoms with E-state index in [0.717, 1.165) is 16.5 Å². The van der Waals surface area contributed by atoms with E-state index in [1.165, 1.54) is 0 Å². The second kappa shape index (κ2) is 9.09. The van der Waals surface area contributed by atoms with Crippen LogP contribution in [0, 0.1) is 0 Å². The fourth-order valence-electron chi connectivity index (χ4n) is 2.57. The Bertz CT molecular complexity index is 921. The number of carbonyl (C=O) groups excluding carboxylic acids is 2. The van der Waals surface area contributed by atoms with E-state index in [0.29, 0.717) is 23.9 Å². The lowest BCUT2D eigenvalue weighted by atomic mass is 10.1. The van der Waals surface area contributed by atoms with Gasteiger partial charge in [0.2, 0.25) is 0 Å². The second-order valence-corrected chi connectivity index (χ2v) is 6.29. The first-order chi connectivity index (χ1) is 13.1. The van der Waals surface area contributed by atoms with Gasteiger partial charge in [-0.1, -0.05) is 29.8 Å². The number of esters is 1. The second-order valence-electron chi connectivity index (χ2n) is 5.85. The molecule has 0 saturated carbocycles. The lowest BCUT2D eigenvalue weighted by molar-refractivity contribution is -0.147. The standard InChI is InChI=1S/C20H19ClN2O4/c21-15-5-7-16(8-6-15)26-10-9-22-19(24)13-27-20(25)11-14-12-23-18-4-2-1-3-17(14)18/h1-8,12,23H,9-11,13H2,(H,22,24). The van der Waals surface area contributed by atoms with Gasteiger partial charge in [-0.2, -0.15) is 0 Å². The van der Waals surface area contributed by atoms with Gasteiger partial charge in [0.25, 0.3) is 5.91 Å². The molecule has 0 aliphatic heterocycles. The summed E-state index contributed by atoms with van der Waals surface area (Å²) in [5.74, 6) is -0.159. The summed E-state index contributed by atoms with van der Waals surface area (Å²) >= 11 is 5.79. The quantitative estimate of drug-likeness (QED) is 0.460. The highest BCUT2D eigenvalue weighted by Gasteiger charge is 2.11. The summed E-state index contributed by atoms with van der Waals surface area (Å²) in [7, 11) is 0. The molecule has 2 N–H and O–H groups in total. The van der Waals surface area contributed by atoms with Gasteiger partial charge in [0.15, 0.2) is 6.61 Å². The number of nitrogens with one attached hydrogen (secondary N) is 2. The molecule has 1 aromatic heterocycles. The highest BCUT2D eigenvalue weighted by molar-refractivity contribution is 6.30. The summed E-state index contributed by atoms with van der Waals surface area (Å²) in [6, 6.07) is 14.6. The molecule has 0 aliphatic rings. The lowest BCUT2D eigenvalue weighted by Gasteiger charge is -2.08. The highest BCUT2D eigenvalue weighted by atomic mass is 35.5. The largest absolute Gasteiger partial charge is 0.492 e. The zero-order valence-electron chi connectivity index (χ0n) is 14.5. The molecular weight excluding hydrogens is 368 g/mol. The third-order valence-corrected chi connectivity index (χ3v) is 4.13. The zero-order valence-corrected chi connectivity index (χ0v) is 15.3. The summed E-state index contributed by atoms with van der Waals surface area (Å²) in [5, 5.41) is 4.24. The van der Waals surface area contributed by atoms with Gasteiger partial charge in [-0.05, 0) is 35.9 Å². The molecule has 7 heteroatoms. The van der Waals surface area contributed by atoms with Crippen LogP contribution in [0.1, 0.15) is 5.56 Å². The molecule has 0 atom stereocenters. The predicted molar refractivity (Wildman–Crippen MR) is 103 cm³/mol. The van der Waals surface area contributed by atoms with Crippen molar-refractivity contribution in [3.8, 4) is 5.75 Å². The summed E-state index contributed by atoms with van der Waals surface area (Å²) in [6.07, 6.45) is 1.89. The Hall–Kier alpha value is -2.99. The Labute approximate surface area is 161 Å². The van der Waals surface area contributed by atoms with Gasteiger partial charge in [0.1, 0.15) is 12.4 Å². The topological polar surface area (TPSA) is 80.4 Å². The van der Waals surface area contributed by atoms with Crippen LogP contribution in [-0.4, -0.2) is 36.6 Å². The number of fused-ring (bicyclic) bond motifs is 1. The fourth-order valence-corrected chi connectivity index (χ4v) is 2.70. The average molecular weight is 387 g/mol. The van der Waals surface area contributed by atoms with E-state index in [1.807, 2.05) is 24.3 Å². The van der Waals surface area contributed by atoms with E-state index in [9.17, 15) is 9.59 Å². The average Bonchev–Trinajstić information content (AvgIpc) is 3.08. The monoisotopic (exact) mass is 386 g/mol. The molecule has 0 fully saturated rings. The summed E-state index contributed by atoms with van der Waals surface area (Å²) in [5.41, 5.74) is 1.80. The van der Waals surface area contributed by atoms with Gasteiger partial charge in [0.05, 0.1) is 13.0 Å². The first-order valence-corrected chi connectivity index (χ1v) is 8.85. The number of halogens is 1. The SMILES string of the molecule is O=C(COC(=O)Cc1c[nH]c2ccccc12)NCCOc1ccc(Cl)cc1. The van der Waals surface area contributed by atoms with Crippen molar-refractivity contribution in [2.24, 2.45) is 0 Å². The van der Waals surface area contributed by atoms with Crippen molar-refractivity contribution in [2.75, 3.05) is 19.8 Å². The zero-order chi connectivity index (χ0) is 19.1. The summed E-state index contributed by atoms with van der Waals surface area (Å²) in [6.45, 7) is 0.292. The minimum Gasteiger partial charge on any atom is -0.492 e. The third-order valence-electron chi connectivity index (χ3n) is 3.88. The fraction of sp³-hybridized carbons (Fsp3) is 0.200. The normalized spacial score (nSPS) is 10.6. The van der Waals surface area contributed by atoms with Crippen molar-refractivity contribution < 1.29 is 19.1 Å². The maximum absolute atomic E-state index is 11.9. The third kappa shape index (κ3) is 5.49. The van der Waals surface area contributed by atoms with Crippen molar-refractivity contribution in [3.63, 3.8) is 0 Å². The van der Waals surface area contributed by atoms with E-state index in [4.69, 9.17) is 21.1 Å². The van der Waals surface area contributed by atoms with E-state index in [2.05, 4.69) is 10.3 Å². The van der Waals surface area contributed by atoms with Crippen molar-refractivity contribution in [2.45, 2.75) is 6.42 Å². The number of hydrogen-bond acceptors (Lipinski definition) is 4. The number of H-pyrrole nitrogens is 1. The molecule has 3 aromatic rings. The maximum atomic E-state index is 11.9. The van der Waals surface area contributed by atoms with E-state index in [-0.39, 0.29) is 18.9 Å². The number of aromatic nitrogens is 1. The Morgan fingerprint density at radius 3 is 2.67 bits per heavy atom. The summed E-state index contributed by atoms with van der Waals surface area (Å²) < 4.78 is 10.5. The van der Waals surface area contributed by atoms with Crippen LogP contribution >= 0.6 is 11.6 Å². The van der Waals surface area contributed by atoms with Crippen LogP contribution in [0.15, 0.2) is 54.7 Å². The minimum atomic E-state index is -0.452. The molecule has 0 radical (unpaired) electrons. The number of amides is 1. The van der Waals surface area contributed by atoms with Crippen LogP contribution in [-0.2, 0) is 20.7 Å². The molecule has 6 nitrogen and oxygen atoms in total. The molecule has 0 bridgehead atoms. The summed E-state index contributed by atoms with van der Waals surface area (Å²) in [4.78, 5) is 26.8. The number of benzene rings is 2. The van der Waals surface area contributed by atoms with Gasteiger partial charge in [-0.3, -0.25) is 9.59 Å². The molecule has 2 aromatic carbocycles. The van der Waals surface area contributed by atoms with Gasteiger partial charge >= 0.3 is 5.97 Å². The van der Waals surface area contributed by atoms with Gasteiger partial charge < -0.3 is 19.8 Å². The number of carbonyl (C=O) groups is 2. The smallest absolute Gasteiger partial charge is 0.310 e. The van der Waals surface area contributed by atoms with E-state index >= 15 is 0 Å². The molecule has 0 saturated heterocycles. The van der Waals surface area contributed by atoms with Gasteiger partial charge in [-0.25, -0.2) is 0 Å². The van der Waals surface area contributed by atoms with Crippen molar-refractivity contribution in [1.82, 2.24) is 10.3 Å². The van der Waals surface area contributed by atoms with Crippen LogP contribution in [0.5, 0.6) is 5.75 Å². The van der Waals surface area contributed by atoms with Crippen molar-refractivity contribution >= 4 is 34.4 Å². The Morgan fingerprint density at radius 1 is 1.07 bits per heavy atom. The highest BCUT2D eigenvalue weighted by Crippen LogP contribution is 2.18. The van der Waals surface area contributed by atoms with Crippen LogP contribution in [0.4, 0.5) is 0 Å². The number of ether oxygens (including phenoxy) is 2. The van der Waals surface area contributed by atoms with E-state index in [1.54, 1.807) is 30.5 Å². The lowest BCUT2D eigenvalue weighted by Crippen LogP contribution is -2.32. The Balaban J connectivity index is 1.35. The number of para-hydroxylation sites is 1. The molecular formula is C20H19ClN2O4. The predicted octanol–water partition coefficient (Wildman–Crippen LogP) is 3.10. The molecule has 0 spiro atoms. The number of aromatic amines is 1. The Morgan fingerprint density at radius 2 is 1.85 bits per heavy atom. The number of rotatable bonds is 8. The molecule has 3 rings (SSSR count). The molecule has 1 heterocycles. The molecule has 0 unspecified atom stereocenters. The van der Waals surface area contributed by atoms with Crippen LogP contribution in [0.25, 0.3) is 10.9 Å². The van der Waals surface area contributed by atoms with Crippen molar-refractivity contribution in [1.29, 1.82) is 0 Å². The van der Waals surface area contributed by atoms with E-state index < -0.39 is 5.97 Å². The van der Waals surface area contributed by atoms with Crippen LogP contribution in [0.2, 0.25) is 5.02 Å². The first kappa shape index (κ1) is 18.8. The first-order valence-electron chi connectivity index (χ1n) is 8.47. The molecule has 0 aliphatic carbocycles. The van der Waals surface area contributed by atoms with Crippen molar-refractivity contribution in [3.05, 3.63) is 65.3 Å². The number of hydrogen-bond donors (Lipinski definition) is 2. The minimum absolute atomic E-state index is 0.108. The van der Waals surface area contributed by atoms with Crippen LogP contribution in [0.3, 0.4) is 0 Å². The Kier molecular flexibility index (Phi) is 6.33. The molecule has 27 heavy (non-hydrogen) atoms. The molecule has 140 valence electrons. The maximum Gasteiger partial charge on any atom is 0.310 e. The van der Waals surface area contributed by atoms with Gasteiger partial charge in [0, 0.05) is 22.1 Å². The molecule has 1 amide bonds. The van der Waals surface area contributed by atoms with Crippen LogP contribution < -0.4 is 10.1 Å².